The Bertz CT molecular complexity index is 734. The van der Waals surface area contributed by atoms with Gasteiger partial charge in [-0.1, -0.05) is 0 Å². The molecule has 0 aliphatic heterocycles. The van der Waals surface area contributed by atoms with Gasteiger partial charge < -0.3 is 14.8 Å². The molecule has 104 valence electrons. The summed E-state index contributed by atoms with van der Waals surface area (Å²) >= 11 is 0. The zero-order valence-corrected chi connectivity index (χ0v) is 11.4. The van der Waals surface area contributed by atoms with E-state index in [0.29, 0.717) is 11.3 Å². The maximum atomic E-state index is 11.4. The Morgan fingerprint density at radius 2 is 2.00 bits per heavy atom. The van der Waals surface area contributed by atoms with E-state index in [9.17, 15) is 14.7 Å². The van der Waals surface area contributed by atoms with Gasteiger partial charge in [-0.3, -0.25) is 0 Å². The summed E-state index contributed by atoms with van der Waals surface area (Å²) in [5.41, 5.74) is 1.99. The lowest BCUT2D eigenvalue weighted by atomic mass is 9.97. The van der Waals surface area contributed by atoms with Crippen LogP contribution in [0.2, 0.25) is 0 Å². The van der Waals surface area contributed by atoms with Gasteiger partial charge in [-0.05, 0) is 37.1 Å². The van der Waals surface area contributed by atoms with Gasteiger partial charge in [0.15, 0.2) is 0 Å². The second kappa shape index (κ2) is 5.16. The quantitative estimate of drug-likeness (QED) is 0.889. The minimum atomic E-state index is -1.14. The number of rotatable bonds is 3. The third kappa shape index (κ3) is 2.27. The van der Waals surface area contributed by atoms with Crippen molar-refractivity contribution in [2.75, 3.05) is 7.11 Å². The maximum absolute atomic E-state index is 11.4. The second-order valence-electron chi connectivity index (χ2n) is 4.35. The number of H-pyrrole nitrogens is 1. The largest absolute Gasteiger partial charge is 0.496 e. The number of aromatic amines is 1. The number of ether oxygens (including phenoxy) is 1. The fourth-order valence-corrected chi connectivity index (χ4v) is 2.06. The number of hydrogen-bond acceptors (Lipinski definition) is 4. The predicted molar refractivity (Wildman–Crippen MR) is 73.3 cm³/mol. The van der Waals surface area contributed by atoms with Crippen LogP contribution in [0.15, 0.2) is 23.1 Å². The molecule has 0 spiro atoms. The Balaban J connectivity index is 2.75. The fraction of sp³-hybridized carbons (Fsp3) is 0.214. The Hall–Kier alpha value is -2.63. The maximum Gasteiger partial charge on any atom is 0.345 e. The number of carboxylic acids is 1. The molecule has 0 saturated carbocycles. The van der Waals surface area contributed by atoms with Gasteiger partial charge in [-0.25, -0.2) is 14.6 Å². The molecule has 0 unspecified atom stereocenters. The van der Waals surface area contributed by atoms with Crippen LogP contribution in [0.3, 0.4) is 0 Å². The van der Waals surface area contributed by atoms with Crippen molar-refractivity contribution in [2.45, 2.75) is 13.8 Å². The standard InChI is InChI=1S/C14H14N2O4/c1-7-8(2)11(20-3)5-4-9(7)12-10(13(17)18)6-15-14(19)16-12/h4-6H,1-3H3,(H,17,18)(H,15,16,19). The zero-order chi connectivity index (χ0) is 14.9. The molecule has 0 bridgehead atoms. The number of methoxy groups -OCH3 is 1. The van der Waals surface area contributed by atoms with Crippen molar-refractivity contribution in [3.05, 3.63) is 45.5 Å². The first-order valence-corrected chi connectivity index (χ1v) is 5.93. The molecule has 2 aromatic rings. The number of aromatic nitrogens is 2. The number of carboxylic acid groups (broad SMARTS) is 1. The van der Waals surface area contributed by atoms with Crippen LogP contribution < -0.4 is 10.4 Å². The molecule has 6 nitrogen and oxygen atoms in total. The van der Waals surface area contributed by atoms with E-state index in [2.05, 4.69) is 9.97 Å². The van der Waals surface area contributed by atoms with Gasteiger partial charge >= 0.3 is 11.7 Å². The lowest BCUT2D eigenvalue weighted by Crippen LogP contribution is -2.15. The third-order valence-corrected chi connectivity index (χ3v) is 3.27. The normalized spacial score (nSPS) is 10.3. The van der Waals surface area contributed by atoms with Crippen molar-refractivity contribution in [3.8, 4) is 17.0 Å². The number of carbonyl (C=O) groups is 1. The van der Waals surface area contributed by atoms with Crippen LogP contribution in [0.4, 0.5) is 0 Å². The minimum absolute atomic E-state index is 0.0442. The molecule has 0 saturated heterocycles. The highest BCUT2D eigenvalue weighted by Gasteiger charge is 2.17. The van der Waals surface area contributed by atoms with Crippen molar-refractivity contribution in [1.29, 1.82) is 0 Å². The number of hydrogen-bond donors (Lipinski definition) is 2. The van der Waals surface area contributed by atoms with E-state index in [-0.39, 0.29) is 11.3 Å². The highest BCUT2D eigenvalue weighted by atomic mass is 16.5. The smallest absolute Gasteiger partial charge is 0.345 e. The SMILES string of the molecule is COc1ccc(-c2[nH]c(=O)ncc2C(=O)O)c(C)c1C. The molecule has 20 heavy (non-hydrogen) atoms. The van der Waals surface area contributed by atoms with E-state index in [1.807, 2.05) is 13.8 Å². The summed E-state index contributed by atoms with van der Waals surface area (Å²) in [7, 11) is 1.57. The molecule has 2 N–H and O–H groups in total. The molecule has 0 radical (unpaired) electrons. The second-order valence-corrected chi connectivity index (χ2v) is 4.35. The average molecular weight is 274 g/mol. The van der Waals surface area contributed by atoms with E-state index in [4.69, 9.17) is 4.74 Å². The first-order valence-electron chi connectivity index (χ1n) is 5.93. The van der Waals surface area contributed by atoms with Crippen molar-refractivity contribution in [3.63, 3.8) is 0 Å². The molecule has 1 aromatic heterocycles. The summed E-state index contributed by atoms with van der Waals surface area (Å²) in [4.78, 5) is 28.6. The monoisotopic (exact) mass is 274 g/mol. The number of nitrogens with zero attached hydrogens (tertiary/aromatic N) is 1. The van der Waals surface area contributed by atoms with Gasteiger partial charge in [0.05, 0.1) is 12.8 Å². The van der Waals surface area contributed by atoms with E-state index in [0.717, 1.165) is 17.3 Å². The van der Waals surface area contributed by atoms with Gasteiger partial charge in [0, 0.05) is 11.8 Å². The van der Waals surface area contributed by atoms with Crippen LogP contribution in [0.25, 0.3) is 11.3 Å². The molecule has 1 aromatic carbocycles. The molecule has 6 heteroatoms. The van der Waals surface area contributed by atoms with Crippen LogP contribution in [0, 0.1) is 13.8 Å². The highest BCUT2D eigenvalue weighted by Crippen LogP contribution is 2.31. The Labute approximate surface area is 115 Å². The van der Waals surface area contributed by atoms with Gasteiger partial charge in [0.2, 0.25) is 0 Å². The van der Waals surface area contributed by atoms with Crippen molar-refractivity contribution in [1.82, 2.24) is 9.97 Å². The van der Waals surface area contributed by atoms with Crippen LogP contribution in [0.1, 0.15) is 21.5 Å². The van der Waals surface area contributed by atoms with Crippen LogP contribution in [-0.4, -0.2) is 28.2 Å². The van der Waals surface area contributed by atoms with E-state index >= 15 is 0 Å². The van der Waals surface area contributed by atoms with Gasteiger partial charge in [0.1, 0.15) is 11.3 Å². The van der Waals surface area contributed by atoms with Crippen molar-refractivity contribution < 1.29 is 14.6 Å². The zero-order valence-electron chi connectivity index (χ0n) is 11.4. The molecule has 0 atom stereocenters. The molecule has 0 fully saturated rings. The third-order valence-electron chi connectivity index (χ3n) is 3.27. The molecule has 2 rings (SSSR count). The summed E-state index contributed by atoms with van der Waals surface area (Å²) < 4.78 is 5.22. The average Bonchev–Trinajstić information content (AvgIpc) is 2.41. The Morgan fingerprint density at radius 1 is 1.30 bits per heavy atom. The molecule has 0 amide bonds. The summed E-state index contributed by atoms with van der Waals surface area (Å²) in [6, 6.07) is 3.46. The summed E-state index contributed by atoms with van der Waals surface area (Å²) in [6.07, 6.45) is 1.06. The molecular formula is C14H14N2O4. The number of benzene rings is 1. The van der Waals surface area contributed by atoms with E-state index < -0.39 is 11.7 Å². The lowest BCUT2D eigenvalue weighted by molar-refractivity contribution is 0.0697. The first kappa shape index (κ1) is 13.8. The van der Waals surface area contributed by atoms with Crippen molar-refractivity contribution >= 4 is 5.97 Å². The topological polar surface area (TPSA) is 92.3 Å². The van der Waals surface area contributed by atoms with Gasteiger partial charge in [-0.15, -0.1) is 0 Å². The van der Waals surface area contributed by atoms with E-state index in [1.54, 1.807) is 19.2 Å². The lowest BCUT2D eigenvalue weighted by Gasteiger charge is -2.13. The van der Waals surface area contributed by atoms with Gasteiger partial charge in [0.25, 0.3) is 0 Å². The molecule has 0 aliphatic carbocycles. The summed E-state index contributed by atoms with van der Waals surface area (Å²) in [6.45, 7) is 3.72. The van der Waals surface area contributed by atoms with Gasteiger partial charge in [-0.2, -0.15) is 0 Å². The Morgan fingerprint density at radius 3 is 2.60 bits per heavy atom. The molecular weight excluding hydrogens is 260 g/mol. The number of nitrogens with one attached hydrogen (secondary N) is 1. The summed E-state index contributed by atoms with van der Waals surface area (Å²) in [5.74, 6) is -0.434. The molecule has 0 aliphatic rings. The molecule has 1 heterocycles. The van der Waals surface area contributed by atoms with Crippen molar-refractivity contribution in [2.24, 2.45) is 0 Å². The van der Waals surface area contributed by atoms with Crippen LogP contribution >= 0.6 is 0 Å². The van der Waals surface area contributed by atoms with Crippen LogP contribution in [0.5, 0.6) is 5.75 Å². The predicted octanol–water partition coefficient (Wildman–Crippen LogP) is 1.76. The Kier molecular flexibility index (Phi) is 3.56. The van der Waals surface area contributed by atoms with Crippen LogP contribution in [-0.2, 0) is 0 Å². The van der Waals surface area contributed by atoms with E-state index in [1.165, 1.54) is 0 Å². The first-order chi connectivity index (χ1) is 9.45. The highest BCUT2D eigenvalue weighted by molar-refractivity contribution is 5.94. The number of aromatic carboxylic acids is 1. The fourth-order valence-electron chi connectivity index (χ4n) is 2.06. The summed E-state index contributed by atoms with van der Waals surface area (Å²) in [5, 5.41) is 9.19. The minimum Gasteiger partial charge on any atom is -0.496 e.